The maximum absolute atomic E-state index is 12.6. The number of ether oxygens (including phenoxy) is 2. The van der Waals surface area contributed by atoms with E-state index in [1.165, 1.54) is 4.90 Å². The second-order valence-corrected chi connectivity index (χ2v) is 7.87. The summed E-state index contributed by atoms with van der Waals surface area (Å²) >= 11 is 1.84. The van der Waals surface area contributed by atoms with Gasteiger partial charge in [0.1, 0.15) is 6.04 Å². The van der Waals surface area contributed by atoms with Crippen molar-refractivity contribution in [3.05, 3.63) is 23.8 Å². The summed E-state index contributed by atoms with van der Waals surface area (Å²) in [5.74, 6) is 2.93. The van der Waals surface area contributed by atoms with Crippen LogP contribution in [0.25, 0.3) is 0 Å². The Kier molecular flexibility index (Phi) is 5.11. The Balaban J connectivity index is 1.33. The van der Waals surface area contributed by atoms with Crippen molar-refractivity contribution in [1.29, 1.82) is 0 Å². The molecule has 4 rings (SSSR count). The standard InChI is InChI=1S/C18H21N3O5S/c22-16(20-5-7-27-8-6-20)4-2-13-17(23)21(18(24)19-13)10-12-1-3-14-15(9-12)26-11-25-14/h1,3,9,13H,2,4-8,10-11H2,(H,19,24)/t13-/m1/s1. The van der Waals surface area contributed by atoms with E-state index >= 15 is 0 Å². The number of amides is 4. The highest BCUT2D eigenvalue weighted by molar-refractivity contribution is 7.99. The van der Waals surface area contributed by atoms with Crippen LogP contribution in [0.4, 0.5) is 4.79 Å². The Morgan fingerprint density at radius 1 is 1.19 bits per heavy atom. The number of urea groups is 1. The highest BCUT2D eigenvalue weighted by Crippen LogP contribution is 2.33. The van der Waals surface area contributed by atoms with E-state index < -0.39 is 12.1 Å². The van der Waals surface area contributed by atoms with Crippen molar-refractivity contribution in [2.24, 2.45) is 0 Å². The zero-order chi connectivity index (χ0) is 18.8. The van der Waals surface area contributed by atoms with E-state index in [2.05, 4.69) is 5.32 Å². The van der Waals surface area contributed by atoms with Gasteiger partial charge in [-0.3, -0.25) is 14.5 Å². The summed E-state index contributed by atoms with van der Waals surface area (Å²) in [5.41, 5.74) is 0.783. The average Bonchev–Trinajstić information content (AvgIpc) is 3.26. The summed E-state index contributed by atoms with van der Waals surface area (Å²) in [6, 6.07) is 4.27. The van der Waals surface area contributed by atoms with E-state index in [0.29, 0.717) is 17.9 Å². The molecule has 9 heteroatoms. The van der Waals surface area contributed by atoms with Gasteiger partial charge >= 0.3 is 6.03 Å². The summed E-state index contributed by atoms with van der Waals surface area (Å²) in [6.45, 7) is 1.85. The average molecular weight is 391 g/mol. The van der Waals surface area contributed by atoms with Gasteiger partial charge in [-0.25, -0.2) is 4.79 Å². The Morgan fingerprint density at radius 3 is 2.78 bits per heavy atom. The number of imide groups is 1. The molecule has 1 aromatic rings. The number of fused-ring (bicyclic) bond motifs is 1. The molecule has 3 aliphatic rings. The molecule has 0 bridgehead atoms. The monoisotopic (exact) mass is 391 g/mol. The topological polar surface area (TPSA) is 88.2 Å². The summed E-state index contributed by atoms with van der Waals surface area (Å²) in [4.78, 5) is 40.1. The highest BCUT2D eigenvalue weighted by atomic mass is 32.2. The van der Waals surface area contributed by atoms with Crippen LogP contribution in [0.3, 0.4) is 0 Å². The first-order chi connectivity index (χ1) is 13.1. The summed E-state index contributed by atoms with van der Waals surface area (Å²) in [7, 11) is 0. The molecule has 144 valence electrons. The molecule has 2 saturated heterocycles. The molecule has 0 radical (unpaired) electrons. The number of carbonyl (C=O) groups is 3. The fourth-order valence-corrected chi connectivity index (χ4v) is 4.29. The van der Waals surface area contributed by atoms with Gasteiger partial charge in [-0.15, -0.1) is 0 Å². The molecule has 1 atom stereocenters. The second kappa shape index (κ2) is 7.67. The third kappa shape index (κ3) is 3.83. The minimum Gasteiger partial charge on any atom is -0.454 e. The van der Waals surface area contributed by atoms with E-state index in [4.69, 9.17) is 9.47 Å². The Bertz CT molecular complexity index is 765. The number of rotatable bonds is 5. The Hall–Kier alpha value is -2.42. The molecule has 4 amide bonds. The van der Waals surface area contributed by atoms with Gasteiger partial charge in [-0.05, 0) is 24.1 Å². The molecule has 3 heterocycles. The lowest BCUT2D eigenvalue weighted by molar-refractivity contribution is -0.131. The van der Waals surface area contributed by atoms with Gasteiger partial charge in [0.2, 0.25) is 12.7 Å². The van der Waals surface area contributed by atoms with E-state index in [1.807, 2.05) is 16.7 Å². The van der Waals surface area contributed by atoms with Crippen molar-refractivity contribution in [2.45, 2.75) is 25.4 Å². The van der Waals surface area contributed by atoms with Crippen LogP contribution in [0.5, 0.6) is 11.5 Å². The van der Waals surface area contributed by atoms with Crippen molar-refractivity contribution in [2.75, 3.05) is 31.4 Å². The number of hydrogen-bond acceptors (Lipinski definition) is 6. The van der Waals surface area contributed by atoms with Crippen LogP contribution in [0, 0.1) is 0 Å². The van der Waals surface area contributed by atoms with Crippen molar-refractivity contribution >= 4 is 29.6 Å². The molecule has 0 unspecified atom stereocenters. The molecule has 2 fully saturated rings. The lowest BCUT2D eigenvalue weighted by Gasteiger charge is -2.26. The van der Waals surface area contributed by atoms with Crippen molar-refractivity contribution in [1.82, 2.24) is 15.1 Å². The molecular weight excluding hydrogens is 370 g/mol. The lowest BCUT2D eigenvalue weighted by atomic mass is 10.1. The second-order valence-electron chi connectivity index (χ2n) is 6.65. The number of nitrogens with zero attached hydrogens (tertiary/aromatic N) is 2. The van der Waals surface area contributed by atoms with E-state index in [0.717, 1.165) is 30.2 Å². The largest absolute Gasteiger partial charge is 0.454 e. The van der Waals surface area contributed by atoms with E-state index in [-0.39, 0.29) is 31.6 Å². The third-order valence-corrected chi connectivity index (χ3v) is 5.84. The predicted octanol–water partition coefficient (Wildman–Crippen LogP) is 1.19. The van der Waals surface area contributed by atoms with Crippen LogP contribution in [0.2, 0.25) is 0 Å². The third-order valence-electron chi connectivity index (χ3n) is 4.90. The predicted molar refractivity (Wildman–Crippen MR) is 98.6 cm³/mol. The highest BCUT2D eigenvalue weighted by Gasteiger charge is 2.38. The first-order valence-corrected chi connectivity index (χ1v) is 10.1. The smallest absolute Gasteiger partial charge is 0.325 e. The van der Waals surface area contributed by atoms with Crippen LogP contribution in [-0.4, -0.2) is 65.1 Å². The molecule has 27 heavy (non-hydrogen) atoms. The van der Waals surface area contributed by atoms with Crippen LogP contribution in [0.1, 0.15) is 18.4 Å². The molecule has 3 aliphatic heterocycles. The molecule has 0 spiro atoms. The number of nitrogens with one attached hydrogen (secondary N) is 1. The molecule has 1 aromatic carbocycles. The van der Waals surface area contributed by atoms with Gasteiger partial charge in [0.05, 0.1) is 6.54 Å². The van der Waals surface area contributed by atoms with Crippen LogP contribution < -0.4 is 14.8 Å². The minimum absolute atomic E-state index is 0.0477. The molecule has 8 nitrogen and oxygen atoms in total. The van der Waals surface area contributed by atoms with Gasteiger partial charge in [0.15, 0.2) is 11.5 Å². The Morgan fingerprint density at radius 2 is 1.96 bits per heavy atom. The first-order valence-electron chi connectivity index (χ1n) is 8.98. The van der Waals surface area contributed by atoms with Crippen LogP contribution >= 0.6 is 11.8 Å². The maximum atomic E-state index is 12.6. The van der Waals surface area contributed by atoms with Crippen molar-refractivity contribution < 1.29 is 23.9 Å². The molecule has 0 saturated carbocycles. The number of hydrogen-bond donors (Lipinski definition) is 1. The van der Waals surface area contributed by atoms with Crippen LogP contribution in [-0.2, 0) is 16.1 Å². The summed E-state index contributed by atoms with van der Waals surface area (Å²) < 4.78 is 10.6. The zero-order valence-corrected chi connectivity index (χ0v) is 15.6. The fourth-order valence-electron chi connectivity index (χ4n) is 3.38. The SMILES string of the molecule is O=C(CC[C@H]1NC(=O)N(Cc2ccc3c(c2)OCO3)C1=O)N1CCSCC1. The lowest BCUT2D eigenvalue weighted by Crippen LogP contribution is -2.39. The number of thioether (sulfide) groups is 1. The molecule has 1 N–H and O–H groups in total. The van der Waals surface area contributed by atoms with Gasteiger partial charge in [-0.2, -0.15) is 11.8 Å². The van der Waals surface area contributed by atoms with Crippen molar-refractivity contribution in [3.8, 4) is 11.5 Å². The normalized spacial score (nSPS) is 21.6. The zero-order valence-electron chi connectivity index (χ0n) is 14.8. The fraction of sp³-hybridized carbons (Fsp3) is 0.500. The van der Waals surface area contributed by atoms with Gasteiger partial charge < -0.3 is 19.7 Å². The van der Waals surface area contributed by atoms with E-state index in [9.17, 15) is 14.4 Å². The number of benzene rings is 1. The van der Waals surface area contributed by atoms with Gasteiger partial charge in [0, 0.05) is 31.0 Å². The Labute approximate surface area is 161 Å². The van der Waals surface area contributed by atoms with Gasteiger partial charge in [0.25, 0.3) is 5.91 Å². The van der Waals surface area contributed by atoms with Crippen molar-refractivity contribution in [3.63, 3.8) is 0 Å². The number of carbonyl (C=O) groups excluding carboxylic acids is 3. The molecule has 0 aliphatic carbocycles. The maximum Gasteiger partial charge on any atom is 0.325 e. The summed E-state index contributed by atoms with van der Waals surface area (Å²) in [6.07, 6.45) is 0.587. The summed E-state index contributed by atoms with van der Waals surface area (Å²) in [5, 5.41) is 2.69. The quantitative estimate of drug-likeness (QED) is 0.759. The van der Waals surface area contributed by atoms with Gasteiger partial charge in [-0.1, -0.05) is 6.07 Å². The van der Waals surface area contributed by atoms with Crippen LogP contribution in [0.15, 0.2) is 18.2 Å². The first kappa shape index (κ1) is 18.0. The molecule has 0 aromatic heterocycles. The minimum atomic E-state index is -0.644. The molecular formula is C18H21N3O5S. The van der Waals surface area contributed by atoms with E-state index in [1.54, 1.807) is 18.2 Å².